The summed E-state index contributed by atoms with van der Waals surface area (Å²) >= 11 is 0. The Morgan fingerprint density at radius 1 is 1.21 bits per heavy atom. The lowest BCUT2D eigenvalue weighted by molar-refractivity contribution is 0.303. The molecule has 1 unspecified atom stereocenters. The van der Waals surface area contributed by atoms with Crippen molar-refractivity contribution in [1.82, 2.24) is 4.72 Å². The summed E-state index contributed by atoms with van der Waals surface area (Å²) in [5, 5.41) is 0. The summed E-state index contributed by atoms with van der Waals surface area (Å²) in [6.07, 6.45) is 5.87. The second-order valence-electron chi connectivity index (χ2n) is 5.35. The zero-order valence-corrected chi connectivity index (χ0v) is 12.1. The smallest absolute Gasteiger partial charge is 0.242 e. The molecule has 1 fully saturated rings. The Labute approximate surface area is 115 Å². The van der Waals surface area contributed by atoms with Crippen LogP contribution in [-0.4, -0.2) is 14.5 Å². The van der Waals surface area contributed by atoms with Gasteiger partial charge in [0, 0.05) is 6.04 Å². The summed E-state index contributed by atoms with van der Waals surface area (Å²) < 4.78 is 27.4. The first-order valence-electron chi connectivity index (χ1n) is 6.87. The standard InChI is InChI=1S/C14H22N2O2S/c1-11(12-7-3-2-4-8-12)16-19(17,18)14-10-6-5-9-13(14)15/h5-6,9-12,16H,2-4,7-8,15H2,1H3. The second kappa shape index (κ2) is 5.92. The second-order valence-corrected chi connectivity index (χ2v) is 7.03. The molecule has 0 saturated heterocycles. The molecule has 106 valence electrons. The zero-order valence-electron chi connectivity index (χ0n) is 11.3. The molecule has 0 bridgehead atoms. The molecular weight excluding hydrogens is 260 g/mol. The third-order valence-electron chi connectivity index (χ3n) is 3.91. The van der Waals surface area contributed by atoms with Crippen LogP contribution in [-0.2, 0) is 10.0 Å². The Morgan fingerprint density at radius 3 is 2.47 bits per heavy atom. The average molecular weight is 282 g/mol. The van der Waals surface area contributed by atoms with Crippen molar-refractivity contribution in [2.24, 2.45) is 5.92 Å². The number of hydrogen-bond acceptors (Lipinski definition) is 3. The van der Waals surface area contributed by atoms with Crippen molar-refractivity contribution in [1.29, 1.82) is 0 Å². The largest absolute Gasteiger partial charge is 0.398 e. The van der Waals surface area contributed by atoms with Crippen LogP contribution in [0.5, 0.6) is 0 Å². The fourth-order valence-electron chi connectivity index (χ4n) is 2.76. The van der Waals surface area contributed by atoms with Gasteiger partial charge in [-0.1, -0.05) is 31.4 Å². The third-order valence-corrected chi connectivity index (χ3v) is 5.54. The van der Waals surface area contributed by atoms with Crippen LogP contribution in [0.15, 0.2) is 29.2 Å². The fraction of sp³-hybridized carbons (Fsp3) is 0.571. The summed E-state index contributed by atoms with van der Waals surface area (Å²) in [5.41, 5.74) is 6.04. The summed E-state index contributed by atoms with van der Waals surface area (Å²) in [6.45, 7) is 1.95. The number of rotatable bonds is 4. The minimum absolute atomic E-state index is 0.0371. The molecule has 0 radical (unpaired) electrons. The first-order valence-corrected chi connectivity index (χ1v) is 8.36. The van der Waals surface area contributed by atoms with E-state index in [1.807, 2.05) is 6.92 Å². The van der Waals surface area contributed by atoms with Crippen molar-refractivity contribution in [3.63, 3.8) is 0 Å². The van der Waals surface area contributed by atoms with Crippen LogP contribution >= 0.6 is 0 Å². The number of sulfonamides is 1. The number of nitrogen functional groups attached to an aromatic ring is 1. The van der Waals surface area contributed by atoms with Crippen LogP contribution in [0, 0.1) is 5.92 Å². The fourth-order valence-corrected chi connectivity index (χ4v) is 4.21. The van der Waals surface area contributed by atoms with Crippen molar-refractivity contribution in [3.05, 3.63) is 24.3 Å². The van der Waals surface area contributed by atoms with Gasteiger partial charge >= 0.3 is 0 Å². The predicted molar refractivity (Wildman–Crippen MR) is 77.2 cm³/mol. The van der Waals surface area contributed by atoms with Gasteiger partial charge in [-0.05, 0) is 37.8 Å². The molecule has 0 aromatic heterocycles. The van der Waals surface area contributed by atoms with Crippen LogP contribution in [0.2, 0.25) is 0 Å². The Kier molecular flexibility index (Phi) is 4.47. The molecule has 1 saturated carbocycles. The van der Waals surface area contributed by atoms with Gasteiger partial charge in [0.25, 0.3) is 0 Å². The van der Waals surface area contributed by atoms with Crippen molar-refractivity contribution in [2.75, 3.05) is 5.73 Å². The van der Waals surface area contributed by atoms with Gasteiger partial charge in [-0.15, -0.1) is 0 Å². The average Bonchev–Trinajstić information content (AvgIpc) is 2.39. The molecule has 1 aromatic carbocycles. The van der Waals surface area contributed by atoms with Gasteiger partial charge in [0.15, 0.2) is 0 Å². The summed E-state index contributed by atoms with van der Waals surface area (Å²) in [7, 11) is -3.51. The zero-order chi connectivity index (χ0) is 13.9. The monoisotopic (exact) mass is 282 g/mol. The van der Waals surface area contributed by atoms with Crippen molar-refractivity contribution < 1.29 is 8.42 Å². The van der Waals surface area contributed by atoms with Crippen LogP contribution in [0.4, 0.5) is 5.69 Å². The molecule has 5 heteroatoms. The highest BCUT2D eigenvalue weighted by molar-refractivity contribution is 7.89. The van der Waals surface area contributed by atoms with E-state index >= 15 is 0 Å². The van der Waals surface area contributed by atoms with Gasteiger partial charge in [-0.25, -0.2) is 13.1 Å². The Morgan fingerprint density at radius 2 is 1.84 bits per heavy atom. The van der Waals surface area contributed by atoms with Gasteiger partial charge in [-0.2, -0.15) is 0 Å². The van der Waals surface area contributed by atoms with Gasteiger partial charge < -0.3 is 5.73 Å². The van der Waals surface area contributed by atoms with Gasteiger partial charge in [0.05, 0.1) is 5.69 Å². The molecule has 0 amide bonds. The lowest BCUT2D eigenvalue weighted by Crippen LogP contribution is -2.39. The molecule has 19 heavy (non-hydrogen) atoms. The molecule has 1 aliphatic carbocycles. The number of benzene rings is 1. The number of para-hydroxylation sites is 1. The number of nitrogens with one attached hydrogen (secondary N) is 1. The molecule has 4 nitrogen and oxygen atoms in total. The van der Waals surface area contributed by atoms with Crippen molar-refractivity contribution in [2.45, 2.75) is 50.0 Å². The number of anilines is 1. The number of nitrogens with two attached hydrogens (primary N) is 1. The maximum Gasteiger partial charge on any atom is 0.242 e. The van der Waals surface area contributed by atoms with E-state index in [9.17, 15) is 8.42 Å². The van der Waals surface area contributed by atoms with Crippen LogP contribution in [0.3, 0.4) is 0 Å². The molecular formula is C14H22N2O2S. The number of hydrogen-bond donors (Lipinski definition) is 2. The van der Waals surface area contributed by atoms with E-state index in [4.69, 9.17) is 5.73 Å². The predicted octanol–water partition coefficient (Wildman–Crippen LogP) is 2.52. The van der Waals surface area contributed by atoms with E-state index in [2.05, 4.69) is 4.72 Å². The van der Waals surface area contributed by atoms with E-state index in [1.54, 1.807) is 24.3 Å². The third kappa shape index (κ3) is 3.48. The van der Waals surface area contributed by atoms with E-state index in [0.29, 0.717) is 11.6 Å². The summed E-state index contributed by atoms with van der Waals surface area (Å²) in [6, 6.07) is 6.55. The molecule has 1 aliphatic rings. The lowest BCUT2D eigenvalue weighted by atomic mass is 9.85. The van der Waals surface area contributed by atoms with Crippen molar-refractivity contribution in [3.8, 4) is 0 Å². The Bertz CT molecular complexity index is 522. The highest BCUT2D eigenvalue weighted by Crippen LogP contribution is 2.27. The SMILES string of the molecule is CC(NS(=O)(=O)c1ccccc1N)C1CCCCC1. The molecule has 1 aromatic rings. The first-order chi connectivity index (χ1) is 9.00. The van der Waals surface area contributed by atoms with Crippen LogP contribution < -0.4 is 10.5 Å². The van der Waals surface area contributed by atoms with Crippen LogP contribution in [0.25, 0.3) is 0 Å². The minimum atomic E-state index is -3.51. The minimum Gasteiger partial charge on any atom is -0.398 e. The lowest BCUT2D eigenvalue weighted by Gasteiger charge is -2.28. The van der Waals surface area contributed by atoms with E-state index in [1.165, 1.54) is 19.3 Å². The molecule has 0 spiro atoms. The first kappa shape index (κ1) is 14.3. The summed E-state index contributed by atoms with van der Waals surface area (Å²) in [5.74, 6) is 0.438. The van der Waals surface area contributed by atoms with E-state index in [-0.39, 0.29) is 10.9 Å². The van der Waals surface area contributed by atoms with Crippen molar-refractivity contribution >= 4 is 15.7 Å². The highest BCUT2D eigenvalue weighted by Gasteiger charge is 2.25. The van der Waals surface area contributed by atoms with Crippen LogP contribution in [0.1, 0.15) is 39.0 Å². The van der Waals surface area contributed by atoms with Gasteiger partial charge in [0.1, 0.15) is 4.90 Å². The topological polar surface area (TPSA) is 72.2 Å². The Hall–Kier alpha value is -1.07. The normalized spacial score (nSPS) is 19.2. The van der Waals surface area contributed by atoms with E-state index in [0.717, 1.165) is 12.8 Å². The van der Waals surface area contributed by atoms with Gasteiger partial charge in [-0.3, -0.25) is 0 Å². The summed E-state index contributed by atoms with van der Waals surface area (Å²) in [4.78, 5) is 0.178. The highest BCUT2D eigenvalue weighted by atomic mass is 32.2. The Balaban J connectivity index is 2.11. The maximum atomic E-state index is 12.3. The quantitative estimate of drug-likeness (QED) is 0.833. The molecule has 3 N–H and O–H groups in total. The maximum absolute atomic E-state index is 12.3. The molecule has 1 atom stereocenters. The molecule has 0 aliphatic heterocycles. The molecule has 2 rings (SSSR count). The molecule has 0 heterocycles. The van der Waals surface area contributed by atoms with Gasteiger partial charge in [0.2, 0.25) is 10.0 Å². The van der Waals surface area contributed by atoms with E-state index < -0.39 is 10.0 Å².